The molecule has 1 rings (SSSR count). The van der Waals surface area contributed by atoms with E-state index in [9.17, 15) is 9.59 Å². The maximum atomic E-state index is 11.4. The van der Waals surface area contributed by atoms with Crippen LogP contribution in [0.4, 0.5) is 5.69 Å². The molecule has 80 valence electrons. The molecule has 0 saturated heterocycles. The second-order valence-electron chi connectivity index (χ2n) is 3.53. The van der Waals surface area contributed by atoms with Crippen molar-refractivity contribution < 1.29 is 9.59 Å². The number of likely N-dealkylation sites (N-methyl/N-ethyl adjacent to an activating group) is 1. The average molecular weight is 206 g/mol. The first-order chi connectivity index (χ1) is 7.11. The van der Waals surface area contributed by atoms with Gasteiger partial charge in [-0.15, -0.1) is 0 Å². The summed E-state index contributed by atoms with van der Waals surface area (Å²) in [5.74, 6) is -0.0705. The van der Waals surface area contributed by atoms with Crippen LogP contribution in [-0.2, 0) is 4.79 Å². The Balaban J connectivity index is 2.57. The number of carbonyl (C=O) groups is 2. The van der Waals surface area contributed by atoms with E-state index in [1.54, 1.807) is 29.2 Å². The third-order valence-corrected chi connectivity index (χ3v) is 1.79. The lowest BCUT2D eigenvalue weighted by molar-refractivity contribution is -0.116. The van der Waals surface area contributed by atoms with Crippen molar-refractivity contribution in [1.82, 2.24) is 4.90 Å². The lowest BCUT2D eigenvalue weighted by Gasteiger charge is -2.09. The Morgan fingerprint density at radius 2 is 1.93 bits per heavy atom. The Bertz CT molecular complexity index is 344. The minimum Gasteiger partial charge on any atom is -0.325 e. The van der Waals surface area contributed by atoms with Crippen molar-refractivity contribution in [2.45, 2.75) is 0 Å². The Hall–Kier alpha value is -1.68. The lowest BCUT2D eigenvalue weighted by Crippen LogP contribution is -2.27. The van der Waals surface area contributed by atoms with Crippen LogP contribution in [0, 0.1) is 0 Å². The smallest absolute Gasteiger partial charge is 0.238 e. The minimum absolute atomic E-state index is 0.0705. The molecule has 4 nitrogen and oxygen atoms in total. The number of nitrogens with one attached hydrogen (secondary N) is 1. The van der Waals surface area contributed by atoms with Gasteiger partial charge in [-0.1, -0.05) is 0 Å². The second kappa shape index (κ2) is 5.26. The summed E-state index contributed by atoms with van der Waals surface area (Å²) < 4.78 is 0. The summed E-state index contributed by atoms with van der Waals surface area (Å²) in [6, 6.07) is 6.74. The monoisotopic (exact) mass is 206 g/mol. The van der Waals surface area contributed by atoms with E-state index >= 15 is 0 Å². The van der Waals surface area contributed by atoms with E-state index in [4.69, 9.17) is 0 Å². The van der Waals surface area contributed by atoms with Crippen LogP contribution in [-0.4, -0.2) is 37.7 Å². The SMILES string of the molecule is CN(C)CC(=O)Nc1ccc(C=O)cc1. The van der Waals surface area contributed by atoms with Gasteiger partial charge in [0.15, 0.2) is 0 Å². The first-order valence-electron chi connectivity index (χ1n) is 4.61. The third kappa shape index (κ3) is 3.91. The molecule has 0 aliphatic rings. The summed E-state index contributed by atoms with van der Waals surface area (Å²) in [7, 11) is 3.66. The quantitative estimate of drug-likeness (QED) is 0.748. The van der Waals surface area contributed by atoms with Gasteiger partial charge in [0.1, 0.15) is 6.29 Å². The minimum atomic E-state index is -0.0705. The predicted molar refractivity (Wildman–Crippen MR) is 59.0 cm³/mol. The summed E-state index contributed by atoms with van der Waals surface area (Å²) in [5, 5.41) is 2.73. The van der Waals surface area contributed by atoms with Crippen molar-refractivity contribution in [2.24, 2.45) is 0 Å². The van der Waals surface area contributed by atoms with Crippen LogP contribution < -0.4 is 5.32 Å². The van der Waals surface area contributed by atoms with Crippen LogP contribution >= 0.6 is 0 Å². The van der Waals surface area contributed by atoms with Crippen LogP contribution in [0.25, 0.3) is 0 Å². The van der Waals surface area contributed by atoms with Gasteiger partial charge < -0.3 is 10.2 Å². The molecular weight excluding hydrogens is 192 g/mol. The number of aldehydes is 1. The van der Waals surface area contributed by atoms with Gasteiger partial charge in [-0.25, -0.2) is 0 Å². The molecule has 0 spiro atoms. The highest BCUT2D eigenvalue weighted by atomic mass is 16.2. The molecule has 4 heteroatoms. The summed E-state index contributed by atoms with van der Waals surface area (Å²) in [6.07, 6.45) is 0.769. The molecule has 0 saturated carbocycles. The van der Waals surface area contributed by atoms with Gasteiger partial charge in [-0.3, -0.25) is 9.59 Å². The first-order valence-corrected chi connectivity index (χ1v) is 4.61. The van der Waals surface area contributed by atoms with Gasteiger partial charge in [0.2, 0.25) is 5.91 Å². The molecule has 1 aromatic carbocycles. The number of anilines is 1. The maximum absolute atomic E-state index is 11.4. The van der Waals surface area contributed by atoms with Crippen LogP contribution in [0.5, 0.6) is 0 Å². The number of carbonyl (C=O) groups excluding carboxylic acids is 2. The van der Waals surface area contributed by atoms with Crippen molar-refractivity contribution in [2.75, 3.05) is 26.0 Å². The number of hydrogen-bond donors (Lipinski definition) is 1. The van der Waals surface area contributed by atoms with Gasteiger partial charge in [-0.2, -0.15) is 0 Å². The fourth-order valence-electron chi connectivity index (χ4n) is 1.13. The molecule has 1 amide bonds. The first kappa shape index (κ1) is 11.4. The largest absolute Gasteiger partial charge is 0.325 e. The topological polar surface area (TPSA) is 49.4 Å². The summed E-state index contributed by atoms with van der Waals surface area (Å²) >= 11 is 0. The van der Waals surface area contributed by atoms with Gasteiger partial charge in [0.25, 0.3) is 0 Å². The Labute approximate surface area is 88.9 Å². The highest BCUT2D eigenvalue weighted by Crippen LogP contribution is 2.07. The fourth-order valence-corrected chi connectivity index (χ4v) is 1.13. The summed E-state index contributed by atoms with van der Waals surface area (Å²) in [6.45, 7) is 0.343. The van der Waals surface area contributed by atoms with Crippen LogP contribution in [0.2, 0.25) is 0 Å². The average Bonchev–Trinajstić information content (AvgIpc) is 2.17. The van der Waals surface area contributed by atoms with E-state index in [1.165, 1.54) is 0 Å². The van der Waals surface area contributed by atoms with Crippen molar-refractivity contribution in [1.29, 1.82) is 0 Å². The predicted octanol–water partition coefficient (Wildman–Crippen LogP) is 0.999. The molecule has 0 radical (unpaired) electrons. The van der Waals surface area contributed by atoms with E-state index in [0.29, 0.717) is 17.8 Å². The standard InChI is InChI=1S/C11H14N2O2/c1-13(2)7-11(15)12-10-5-3-9(8-14)4-6-10/h3-6,8H,7H2,1-2H3,(H,12,15). The molecule has 1 aromatic rings. The molecule has 0 unspecified atom stereocenters. The highest BCUT2D eigenvalue weighted by molar-refractivity contribution is 5.92. The van der Waals surface area contributed by atoms with Gasteiger partial charge in [0.05, 0.1) is 6.54 Å². The number of benzene rings is 1. The Kier molecular flexibility index (Phi) is 4.00. The molecule has 0 fully saturated rings. The molecule has 0 bridgehead atoms. The van der Waals surface area contributed by atoms with Crippen molar-refractivity contribution in [3.05, 3.63) is 29.8 Å². The van der Waals surface area contributed by atoms with Crippen LogP contribution in [0.1, 0.15) is 10.4 Å². The number of amides is 1. The van der Waals surface area contributed by atoms with Gasteiger partial charge in [0, 0.05) is 11.3 Å². The van der Waals surface area contributed by atoms with Gasteiger partial charge >= 0.3 is 0 Å². The fraction of sp³-hybridized carbons (Fsp3) is 0.273. The molecular formula is C11H14N2O2. The molecule has 0 aliphatic heterocycles. The third-order valence-electron chi connectivity index (χ3n) is 1.79. The zero-order valence-corrected chi connectivity index (χ0v) is 8.86. The molecule has 0 heterocycles. The zero-order valence-electron chi connectivity index (χ0n) is 8.86. The molecule has 1 N–H and O–H groups in total. The molecule has 0 aliphatic carbocycles. The molecule has 15 heavy (non-hydrogen) atoms. The highest BCUT2D eigenvalue weighted by Gasteiger charge is 2.02. The Morgan fingerprint density at radius 1 is 1.33 bits per heavy atom. The second-order valence-corrected chi connectivity index (χ2v) is 3.53. The lowest BCUT2D eigenvalue weighted by atomic mass is 10.2. The summed E-state index contributed by atoms with van der Waals surface area (Å²) in [5.41, 5.74) is 1.30. The van der Waals surface area contributed by atoms with Crippen molar-refractivity contribution >= 4 is 17.9 Å². The van der Waals surface area contributed by atoms with Gasteiger partial charge in [-0.05, 0) is 38.4 Å². The zero-order chi connectivity index (χ0) is 11.3. The van der Waals surface area contributed by atoms with E-state index in [1.807, 2.05) is 14.1 Å². The summed E-state index contributed by atoms with van der Waals surface area (Å²) in [4.78, 5) is 23.5. The van der Waals surface area contributed by atoms with E-state index < -0.39 is 0 Å². The van der Waals surface area contributed by atoms with E-state index in [2.05, 4.69) is 5.32 Å². The molecule has 0 atom stereocenters. The van der Waals surface area contributed by atoms with Crippen molar-refractivity contribution in [3.8, 4) is 0 Å². The van der Waals surface area contributed by atoms with E-state index in [-0.39, 0.29) is 5.91 Å². The van der Waals surface area contributed by atoms with Crippen LogP contribution in [0.15, 0.2) is 24.3 Å². The van der Waals surface area contributed by atoms with Crippen LogP contribution in [0.3, 0.4) is 0 Å². The number of nitrogens with zero attached hydrogens (tertiary/aromatic N) is 1. The van der Waals surface area contributed by atoms with E-state index in [0.717, 1.165) is 6.29 Å². The Morgan fingerprint density at radius 3 is 2.40 bits per heavy atom. The number of rotatable bonds is 4. The molecule has 0 aromatic heterocycles. The maximum Gasteiger partial charge on any atom is 0.238 e. The normalized spacial score (nSPS) is 10.1. The number of hydrogen-bond acceptors (Lipinski definition) is 3. The van der Waals surface area contributed by atoms with Crippen molar-refractivity contribution in [3.63, 3.8) is 0 Å².